The second kappa shape index (κ2) is 19.5. The number of carbonyl (C=O) groups excluding carboxylic acids is 3. The number of hydrogen-bond donors (Lipinski definition) is 2. The molecule has 1 aromatic rings. The normalized spacial score (nSPS) is 19.5. The lowest BCUT2D eigenvalue weighted by Crippen LogP contribution is -2.34. The molecule has 0 radical (unpaired) electrons. The van der Waals surface area contributed by atoms with Gasteiger partial charge < -0.3 is 24.4 Å². The van der Waals surface area contributed by atoms with E-state index >= 15 is 0 Å². The first-order chi connectivity index (χ1) is 21.7. The zero-order valence-electron chi connectivity index (χ0n) is 28.6. The standard InChI is InChI=1S/C37H52N2O7/c1-24(19-26(3)15-16-33-13-10-14-34(40)45-33)11-9-12-25(2)20-28(5)35(41)31(8)36(42)29(6)21-27(4)17-18-44-37(43)38-23-32-22-30(7)46-39-32/h9-10,12,14-17,19-20,22,24,28-29,31,33,36,42H,11,13,18,21,23H2,1-8H3,(H,38,43)/b12-9+,16-15+,25-20+,26-19-,27-17+/t24-,28-,29+,31-,33-,36-/m1/s1. The van der Waals surface area contributed by atoms with E-state index in [-0.39, 0.29) is 42.8 Å². The number of cyclic esters (lactones) is 1. The van der Waals surface area contributed by atoms with Gasteiger partial charge in [0.15, 0.2) is 0 Å². The average molecular weight is 637 g/mol. The Kier molecular flexibility index (Phi) is 16.2. The summed E-state index contributed by atoms with van der Waals surface area (Å²) in [5.41, 5.74) is 3.68. The van der Waals surface area contributed by atoms with Crippen LogP contribution >= 0.6 is 0 Å². The number of rotatable bonds is 17. The number of carbonyl (C=O) groups is 3. The molecule has 1 aliphatic heterocycles. The first kappa shape index (κ1) is 38.2. The molecule has 46 heavy (non-hydrogen) atoms. The summed E-state index contributed by atoms with van der Waals surface area (Å²) >= 11 is 0. The predicted octanol–water partition coefficient (Wildman–Crippen LogP) is 7.29. The summed E-state index contributed by atoms with van der Waals surface area (Å²) in [6, 6.07) is 1.74. The first-order valence-corrected chi connectivity index (χ1v) is 16.0. The molecule has 0 fully saturated rings. The molecule has 9 nitrogen and oxygen atoms in total. The number of ether oxygens (including phenoxy) is 2. The van der Waals surface area contributed by atoms with Gasteiger partial charge in [-0.2, -0.15) is 0 Å². The van der Waals surface area contributed by atoms with Crippen LogP contribution in [0.5, 0.6) is 0 Å². The minimum absolute atomic E-state index is 0.00566. The fourth-order valence-corrected chi connectivity index (χ4v) is 5.25. The van der Waals surface area contributed by atoms with E-state index < -0.39 is 18.1 Å². The molecule has 9 heteroatoms. The van der Waals surface area contributed by atoms with Gasteiger partial charge in [0.2, 0.25) is 0 Å². The van der Waals surface area contributed by atoms with E-state index in [4.69, 9.17) is 14.0 Å². The molecule has 0 aromatic carbocycles. The summed E-state index contributed by atoms with van der Waals surface area (Å²) in [6.07, 6.45) is 17.8. The van der Waals surface area contributed by atoms with E-state index in [1.54, 1.807) is 26.0 Å². The minimum Gasteiger partial charge on any atom is -0.455 e. The lowest BCUT2D eigenvalue weighted by atomic mass is 9.83. The molecule has 2 heterocycles. The molecule has 0 saturated heterocycles. The Morgan fingerprint density at radius 2 is 1.85 bits per heavy atom. The predicted molar refractivity (Wildman–Crippen MR) is 180 cm³/mol. The third-order valence-electron chi connectivity index (χ3n) is 7.79. The van der Waals surface area contributed by atoms with Crippen LogP contribution in [0.1, 0.15) is 79.2 Å². The average Bonchev–Trinajstić information content (AvgIpc) is 3.42. The van der Waals surface area contributed by atoms with Crippen molar-refractivity contribution in [3.05, 3.63) is 88.9 Å². The van der Waals surface area contributed by atoms with E-state index in [0.717, 1.165) is 23.1 Å². The molecule has 1 aliphatic rings. The Bertz CT molecular complexity index is 1350. The molecule has 252 valence electrons. The van der Waals surface area contributed by atoms with Crippen LogP contribution in [0.2, 0.25) is 0 Å². The molecular weight excluding hydrogens is 584 g/mol. The lowest BCUT2D eigenvalue weighted by molar-refractivity contribution is -0.141. The Balaban J connectivity index is 1.76. The lowest BCUT2D eigenvalue weighted by Gasteiger charge is -2.26. The number of esters is 1. The Labute approximate surface area is 274 Å². The van der Waals surface area contributed by atoms with E-state index in [2.05, 4.69) is 29.5 Å². The van der Waals surface area contributed by atoms with Crippen LogP contribution in [-0.2, 0) is 25.6 Å². The monoisotopic (exact) mass is 636 g/mol. The number of alkyl carbamates (subject to hydrolysis) is 1. The van der Waals surface area contributed by atoms with Gasteiger partial charge in [-0.15, -0.1) is 0 Å². The van der Waals surface area contributed by atoms with Crippen molar-refractivity contribution in [3.8, 4) is 0 Å². The summed E-state index contributed by atoms with van der Waals surface area (Å²) in [5.74, 6) is -0.341. The molecule has 6 atom stereocenters. The van der Waals surface area contributed by atoms with Gasteiger partial charge >= 0.3 is 12.1 Å². The molecule has 0 unspecified atom stereocenters. The van der Waals surface area contributed by atoms with Crippen LogP contribution in [-0.4, -0.2) is 46.9 Å². The van der Waals surface area contributed by atoms with E-state index in [0.29, 0.717) is 30.2 Å². The molecule has 0 saturated carbocycles. The molecule has 1 aromatic heterocycles. The van der Waals surface area contributed by atoms with E-state index in [9.17, 15) is 19.5 Å². The van der Waals surface area contributed by atoms with Gasteiger partial charge in [0.25, 0.3) is 0 Å². The SMILES string of the molecule is CC(=C/[C@H](C)C/C=C/C(C)=C/[C@@H](C)C(=O)[C@@H](C)[C@H](O)[C@@H](C)C/C(C)=C/COC(=O)NCc1cc(C)on1)/C=C/[C@H]1CC=CC(=O)O1. The number of aliphatic hydroxyl groups excluding tert-OH is 1. The number of aliphatic hydroxyl groups is 1. The van der Waals surface area contributed by atoms with Crippen molar-refractivity contribution in [1.82, 2.24) is 10.5 Å². The second-order valence-electron chi connectivity index (χ2n) is 12.5. The van der Waals surface area contributed by atoms with E-state index in [1.165, 1.54) is 6.08 Å². The fourth-order valence-electron chi connectivity index (χ4n) is 5.25. The third kappa shape index (κ3) is 14.4. The fraction of sp³-hybridized carbons (Fsp3) is 0.514. The summed E-state index contributed by atoms with van der Waals surface area (Å²) in [4.78, 5) is 36.4. The Hall–Kier alpha value is -3.98. The van der Waals surface area contributed by atoms with Crippen LogP contribution in [0.4, 0.5) is 4.79 Å². The zero-order valence-corrected chi connectivity index (χ0v) is 28.6. The van der Waals surface area contributed by atoms with Crippen molar-refractivity contribution >= 4 is 17.8 Å². The number of aromatic nitrogens is 1. The van der Waals surface area contributed by atoms with Crippen LogP contribution in [0, 0.1) is 30.6 Å². The van der Waals surface area contributed by atoms with Gasteiger partial charge in [0, 0.05) is 30.4 Å². The number of allylic oxidation sites excluding steroid dienone is 8. The molecule has 2 N–H and O–H groups in total. The summed E-state index contributed by atoms with van der Waals surface area (Å²) in [6.45, 7) is 15.7. The number of Topliss-reactive ketones (excluding diaryl/α,β-unsaturated/α-hetero) is 1. The first-order valence-electron chi connectivity index (χ1n) is 16.0. The second-order valence-corrected chi connectivity index (χ2v) is 12.5. The maximum atomic E-state index is 13.2. The number of hydrogen-bond acceptors (Lipinski definition) is 8. The quantitative estimate of drug-likeness (QED) is 0.104. The highest BCUT2D eigenvalue weighted by atomic mass is 16.5. The maximum absolute atomic E-state index is 13.2. The van der Waals surface area contributed by atoms with Crippen LogP contribution < -0.4 is 5.32 Å². The summed E-state index contributed by atoms with van der Waals surface area (Å²) < 4.78 is 15.4. The minimum atomic E-state index is -0.802. The highest BCUT2D eigenvalue weighted by molar-refractivity contribution is 5.85. The van der Waals surface area contributed by atoms with Crippen molar-refractivity contribution in [2.45, 2.75) is 93.4 Å². The van der Waals surface area contributed by atoms with Gasteiger partial charge in [0.05, 0.1) is 12.6 Å². The summed E-state index contributed by atoms with van der Waals surface area (Å²) in [5, 5.41) is 17.4. The van der Waals surface area contributed by atoms with Crippen molar-refractivity contribution in [2.24, 2.45) is 23.7 Å². The maximum Gasteiger partial charge on any atom is 0.407 e. The largest absolute Gasteiger partial charge is 0.455 e. The van der Waals surface area contributed by atoms with Crippen molar-refractivity contribution in [2.75, 3.05) is 6.61 Å². The highest BCUT2D eigenvalue weighted by Gasteiger charge is 2.29. The molecular formula is C37H52N2O7. The van der Waals surface area contributed by atoms with Gasteiger partial charge in [0.1, 0.15) is 29.9 Å². The van der Waals surface area contributed by atoms with Crippen LogP contribution in [0.25, 0.3) is 0 Å². The van der Waals surface area contributed by atoms with Crippen LogP contribution in [0.3, 0.4) is 0 Å². The number of ketones is 1. The molecule has 0 spiro atoms. The summed E-state index contributed by atoms with van der Waals surface area (Å²) in [7, 11) is 0. The highest BCUT2D eigenvalue weighted by Crippen LogP contribution is 2.24. The van der Waals surface area contributed by atoms with Crippen LogP contribution in [0.15, 0.2) is 82.0 Å². The Morgan fingerprint density at radius 3 is 2.52 bits per heavy atom. The van der Waals surface area contributed by atoms with Crippen molar-refractivity contribution in [1.29, 1.82) is 0 Å². The van der Waals surface area contributed by atoms with Crippen molar-refractivity contribution in [3.63, 3.8) is 0 Å². The smallest absolute Gasteiger partial charge is 0.407 e. The number of nitrogens with zero attached hydrogens (tertiary/aromatic N) is 1. The van der Waals surface area contributed by atoms with Gasteiger partial charge in [-0.3, -0.25) is 4.79 Å². The number of aryl methyl sites for hydroxylation is 1. The number of nitrogens with one attached hydrogen (secondary N) is 1. The van der Waals surface area contributed by atoms with Gasteiger partial charge in [-0.1, -0.05) is 86.0 Å². The molecule has 2 rings (SSSR count). The molecule has 1 amide bonds. The van der Waals surface area contributed by atoms with Gasteiger partial charge in [-0.25, -0.2) is 9.59 Å². The Morgan fingerprint density at radius 1 is 1.13 bits per heavy atom. The molecule has 0 aliphatic carbocycles. The van der Waals surface area contributed by atoms with Crippen molar-refractivity contribution < 1.29 is 33.5 Å². The molecule has 0 bridgehead atoms. The zero-order chi connectivity index (χ0) is 34.2. The van der Waals surface area contributed by atoms with E-state index in [1.807, 2.05) is 65.0 Å². The number of amides is 1. The topological polar surface area (TPSA) is 128 Å². The third-order valence-corrected chi connectivity index (χ3v) is 7.79. The van der Waals surface area contributed by atoms with Gasteiger partial charge in [-0.05, 0) is 64.5 Å².